The lowest BCUT2D eigenvalue weighted by atomic mass is 10.1. The number of esters is 1. The summed E-state index contributed by atoms with van der Waals surface area (Å²) >= 11 is 1.39. The Morgan fingerprint density at radius 3 is 2.87 bits per heavy atom. The maximum absolute atomic E-state index is 13.9. The van der Waals surface area contributed by atoms with Crippen LogP contribution in [0.4, 0.5) is 15.8 Å². The molecule has 0 aliphatic carbocycles. The largest absolute Gasteiger partial charge is 0.461 e. The SMILES string of the molecule is CC1CC(Nc2ccc(F)c(NC(=O)c3ccsc3)c2)C(=O)O1. The van der Waals surface area contributed by atoms with Gasteiger partial charge in [-0.25, -0.2) is 9.18 Å². The monoisotopic (exact) mass is 334 g/mol. The van der Waals surface area contributed by atoms with Crippen LogP contribution in [0.25, 0.3) is 0 Å². The Bertz CT molecular complexity index is 733. The second kappa shape index (κ2) is 6.37. The highest BCUT2D eigenvalue weighted by Crippen LogP contribution is 2.24. The van der Waals surface area contributed by atoms with Crippen molar-refractivity contribution >= 4 is 34.6 Å². The molecule has 0 spiro atoms. The van der Waals surface area contributed by atoms with Crippen molar-refractivity contribution in [2.24, 2.45) is 0 Å². The molecule has 0 radical (unpaired) electrons. The highest BCUT2D eigenvalue weighted by atomic mass is 32.1. The summed E-state index contributed by atoms with van der Waals surface area (Å²) in [5.41, 5.74) is 1.08. The molecular formula is C16H15FN2O3S. The van der Waals surface area contributed by atoms with E-state index in [9.17, 15) is 14.0 Å². The van der Waals surface area contributed by atoms with Crippen molar-refractivity contribution in [3.05, 3.63) is 46.4 Å². The summed E-state index contributed by atoms with van der Waals surface area (Å²) < 4.78 is 19.0. The zero-order valence-corrected chi connectivity index (χ0v) is 13.2. The lowest BCUT2D eigenvalue weighted by Gasteiger charge is -2.13. The van der Waals surface area contributed by atoms with E-state index in [1.54, 1.807) is 16.8 Å². The first kappa shape index (κ1) is 15.5. The van der Waals surface area contributed by atoms with Gasteiger partial charge >= 0.3 is 5.97 Å². The fraction of sp³-hybridized carbons (Fsp3) is 0.250. The lowest BCUT2D eigenvalue weighted by Crippen LogP contribution is -2.24. The molecule has 0 bridgehead atoms. The van der Waals surface area contributed by atoms with Crippen molar-refractivity contribution in [2.75, 3.05) is 10.6 Å². The Morgan fingerprint density at radius 2 is 2.22 bits per heavy atom. The number of benzene rings is 1. The van der Waals surface area contributed by atoms with Crippen molar-refractivity contribution in [1.82, 2.24) is 0 Å². The Morgan fingerprint density at radius 1 is 1.39 bits per heavy atom. The fourth-order valence-electron chi connectivity index (χ4n) is 2.37. The number of hydrogen-bond donors (Lipinski definition) is 2. The molecule has 2 N–H and O–H groups in total. The molecule has 23 heavy (non-hydrogen) atoms. The molecule has 120 valence electrons. The quantitative estimate of drug-likeness (QED) is 0.842. The number of halogens is 1. The minimum Gasteiger partial charge on any atom is -0.461 e. The summed E-state index contributed by atoms with van der Waals surface area (Å²) in [6.07, 6.45) is 0.408. The highest BCUT2D eigenvalue weighted by molar-refractivity contribution is 7.08. The van der Waals surface area contributed by atoms with Gasteiger partial charge in [0.25, 0.3) is 5.91 Å². The van der Waals surface area contributed by atoms with E-state index >= 15 is 0 Å². The van der Waals surface area contributed by atoms with Crippen LogP contribution in [0.2, 0.25) is 0 Å². The van der Waals surface area contributed by atoms with Crippen molar-refractivity contribution in [1.29, 1.82) is 0 Å². The summed E-state index contributed by atoms with van der Waals surface area (Å²) in [7, 11) is 0. The first-order valence-corrected chi connectivity index (χ1v) is 8.07. The molecule has 2 unspecified atom stereocenters. The summed E-state index contributed by atoms with van der Waals surface area (Å²) in [6.45, 7) is 1.82. The third-order valence-corrected chi connectivity index (χ3v) is 4.19. The van der Waals surface area contributed by atoms with Crippen LogP contribution in [0.1, 0.15) is 23.7 Å². The molecule has 2 heterocycles. The van der Waals surface area contributed by atoms with Gasteiger partial charge in [-0.2, -0.15) is 11.3 Å². The van der Waals surface area contributed by atoms with E-state index in [4.69, 9.17) is 4.74 Å². The first-order chi connectivity index (χ1) is 11.0. The van der Waals surface area contributed by atoms with Crippen LogP contribution in [0, 0.1) is 5.82 Å². The molecule has 3 rings (SSSR count). The van der Waals surface area contributed by atoms with Gasteiger partial charge in [-0.3, -0.25) is 4.79 Å². The van der Waals surface area contributed by atoms with Crippen molar-refractivity contribution in [3.63, 3.8) is 0 Å². The third-order valence-electron chi connectivity index (χ3n) is 3.51. The standard InChI is InChI=1S/C16H15FN2O3S/c1-9-6-14(16(21)22-9)18-11-2-3-12(17)13(7-11)19-15(20)10-4-5-23-8-10/h2-5,7-9,14,18H,6H2,1H3,(H,19,20). The van der Waals surface area contributed by atoms with Crippen LogP contribution >= 0.6 is 11.3 Å². The van der Waals surface area contributed by atoms with E-state index in [1.165, 1.54) is 29.5 Å². The maximum atomic E-state index is 13.9. The number of nitrogens with one attached hydrogen (secondary N) is 2. The average molecular weight is 334 g/mol. The van der Waals surface area contributed by atoms with Gasteiger partial charge in [-0.15, -0.1) is 0 Å². The lowest BCUT2D eigenvalue weighted by molar-refractivity contribution is -0.141. The topological polar surface area (TPSA) is 67.4 Å². The van der Waals surface area contributed by atoms with E-state index < -0.39 is 11.9 Å². The molecule has 7 heteroatoms. The average Bonchev–Trinajstić information content (AvgIpc) is 3.13. The third kappa shape index (κ3) is 3.50. The summed E-state index contributed by atoms with van der Waals surface area (Å²) in [5.74, 6) is -1.25. The number of anilines is 2. The smallest absolute Gasteiger partial charge is 0.328 e. The predicted octanol–water partition coefficient (Wildman–Crippen LogP) is 3.26. The molecule has 0 saturated carbocycles. The molecule has 1 fully saturated rings. The van der Waals surface area contributed by atoms with E-state index in [0.29, 0.717) is 17.7 Å². The Kier molecular flexibility index (Phi) is 4.29. The van der Waals surface area contributed by atoms with Crippen LogP contribution in [-0.4, -0.2) is 24.0 Å². The highest BCUT2D eigenvalue weighted by Gasteiger charge is 2.31. The minimum atomic E-state index is -0.540. The van der Waals surface area contributed by atoms with Crippen molar-refractivity contribution < 1.29 is 18.7 Å². The van der Waals surface area contributed by atoms with Crippen LogP contribution in [0.3, 0.4) is 0 Å². The van der Waals surface area contributed by atoms with E-state index in [1.807, 2.05) is 6.92 Å². The minimum absolute atomic E-state index is 0.0608. The van der Waals surface area contributed by atoms with Gasteiger partial charge in [0, 0.05) is 17.5 Å². The summed E-state index contributed by atoms with van der Waals surface area (Å²) in [5, 5.41) is 9.00. The number of rotatable bonds is 4. The number of thiophene rings is 1. The predicted molar refractivity (Wildman–Crippen MR) is 86.3 cm³/mol. The normalized spacial score (nSPS) is 20.2. The Hall–Kier alpha value is -2.41. The molecule has 2 aromatic rings. The Balaban J connectivity index is 1.74. The van der Waals surface area contributed by atoms with Crippen molar-refractivity contribution in [3.8, 4) is 0 Å². The summed E-state index contributed by atoms with van der Waals surface area (Å²) in [6, 6.07) is 5.43. The number of cyclic esters (lactones) is 1. The Labute approximate surface area is 136 Å². The second-order valence-electron chi connectivity index (χ2n) is 5.34. The summed E-state index contributed by atoms with van der Waals surface area (Å²) in [4.78, 5) is 23.7. The van der Waals surface area contributed by atoms with Crippen molar-refractivity contribution in [2.45, 2.75) is 25.5 Å². The number of amides is 1. The van der Waals surface area contributed by atoms with E-state index in [-0.39, 0.29) is 23.7 Å². The van der Waals surface area contributed by atoms with E-state index in [2.05, 4.69) is 10.6 Å². The first-order valence-electron chi connectivity index (χ1n) is 7.13. The molecule has 1 amide bonds. The zero-order chi connectivity index (χ0) is 16.4. The number of carbonyl (C=O) groups excluding carboxylic acids is 2. The number of carbonyl (C=O) groups is 2. The number of hydrogen-bond acceptors (Lipinski definition) is 5. The molecule has 2 atom stereocenters. The van der Waals surface area contributed by atoms with Crippen LogP contribution in [-0.2, 0) is 9.53 Å². The second-order valence-corrected chi connectivity index (χ2v) is 6.12. The van der Waals surface area contributed by atoms with Gasteiger partial charge in [0.15, 0.2) is 0 Å². The van der Waals surface area contributed by atoms with E-state index in [0.717, 1.165) is 0 Å². The molecule has 5 nitrogen and oxygen atoms in total. The zero-order valence-electron chi connectivity index (χ0n) is 12.3. The van der Waals surface area contributed by atoms with Crippen LogP contribution < -0.4 is 10.6 Å². The van der Waals surface area contributed by atoms with Gasteiger partial charge in [0.05, 0.1) is 11.3 Å². The number of ether oxygens (including phenoxy) is 1. The van der Waals surface area contributed by atoms with Gasteiger partial charge < -0.3 is 15.4 Å². The van der Waals surface area contributed by atoms with Gasteiger partial charge in [-0.1, -0.05) is 0 Å². The molecule has 1 aromatic carbocycles. The molecule has 1 saturated heterocycles. The van der Waals surface area contributed by atoms with Gasteiger partial charge in [0.1, 0.15) is 18.0 Å². The molecule has 1 aliphatic rings. The fourth-order valence-corrected chi connectivity index (χ4v) is 3.01. The van der Waals surface area contributed by atoms with Gasteiger partial charge in [0.2, 0.25) is 0 Å². The van der Waals surface area contributed by atoms with Crippen LogP contribution in [0.15, 0.2) is 35.0 Å². The molecule has 1 aromatic heterocycles. The van der Waals surface area contributed by atoms with Crippen LogP contribution in [0.5, 0.6) is 0 Å². The maximum Gasteiger partial charge on any atom is 0.328 e. The molecular weight excluding hydrogens is 319 g/mol. The van der Waals surface area contributed by atoms with Gasteiger partial charge in [-0.05, 0) is 36.6 Å². The molecule has 1 aliphatic heterocycles.